The zero-order valence-electron chi connectivity index (χ0n) is 18.3. The molecule has 3 aromatic rings. The van der Waals surface area contributed by atoms with E-state index in [9.17, 15) is 18.3 Å². The Balaban J connectivity index is 1.87. The van der Waals surface area contributed by atoms with Crippen LogP contribution < -0.4 is 14.5 Å². The number of aromatic hydroxyl groups is 1. The van der Waals surface area contributed by atoms with E-state index in [0.717, 1.165) is 4.31 Å². The van der Waals surface area contributed by atoms with Crippen LogP contribution in [0.15, 0.2) is 88.9 Å². The lowest BCUT2D eigenvalue weighted by Crippen LogP contribution is -2.39. The van der Waals surface area contributed by atoms with Crippen molar-refractivity contribution in [2.75, 3.05) is 17.5 Å². The van der Waals surface area contributed by atoms with Gasteiger partial charge in [0.15, 0.2) is 0 Å². The fourth-order valence-corrected chi connectivity index (χ4v) is 4.50. The van der Waals surface area contributed by atoms with Gasteiger partial charge in [0, 0.05) is 5.56 Å². The highest BCUT2D eigenvalue weighted by molar-refractivity contribution is 7.92. The van der Waals surface area contributed by atoms with Crippen molar-refractivity contribution in [2.45, 2.75) is 18.7 Å². The average molecular weight is 468 g/mol. The fourth-order valence-electron chi connectivity index (χ4n) is 3.06. The third kappa shape index (κ3) is 5.89. The molecular formula is C24H25N3O5S. The Morgan fingerprint density at radius 3 is 2.27 bits per heavy atom. The molecule has 0 fully saturated rings. The van der Waals surface area contributed by atoms with Crippen LogP contribution >= 0.6 is 0 Å². The first-order valence-corrected chi connectivity index (χ1v) is 11.7. The molecule has 0 aliphatic heterocycles. The van der Waals surface area contributed by atoms with Gasteiger partial charge >= 0.3 is 0 Å². The lowest BCUT2D eigenvalue weighted by atomic mass is 10.1. The zero-order chi connectivity index (χ0) is 23.8. The minimum atomic E-state index is -4.03. The molecule has 3 rings (SSSR count). The standard InChI is InChI=1S/C24H25N3O5S/c1-3-32-20-15-13-19(14-16-20)27(33(30,31)21-9-5-4-6-10-21)17-24(29)26-25-18(2)22-11-7-8-12-23(22)28/h4-16,28H,3,17H2,1-2H3,(H,26,29)/b25-18-. The molecule has 8 nitrogen and oxygen atoms in total. The first-order chi connectivity index (χ1) is 15.8. The van der Waals surface area contributed by atoms with Crippen LogP contribution in [-0.2, 0) is 14.8 Å². The molecule has 3 aromatic carbocycles. The van der Waals surface area contributed by atoms with Gasteiger partial charge < -0.3 is 9.84 Å². The largest absolute Gasteiger partial charge is 0.507 e. The van der Waals surface area contributed by atoms with Crippen LogP contribution in [0.4, 0.5) is 5.69 Å². The number of rotatable bonds is 9. The van der Waals surface area contributed by atoms with Crippen LogP contribution in [0.5, 0.6) is 11.5 Å². The predicted molar refractivity (Wildman–Crippen MR) is 127 cm³/mol. The summed E-state index contributed by atoms with van der Waals surface area (Å²) in [5, 5.41) is 14.0. The Bertz CT molecular complexity index is 1230. The van der Waals surface area contributed by atoms with Gasteiger partial charge in [-0.05, 0) is 62.4 Å². The summed E-state index contributed by atoms with van der Waals surface area (Å²) in [7, 11) is -4.03. The summed E-state index contributed by atoms with van der Waals surface area (Å²) in [6.45, 7) is 3.45. The van der Waals surface area contributed by atoms with Crippen molar-refractivity contribution in [3.8, 4) is 11.5 Å². The number of carbonyl (C=O) groups excluding carboxylic acids is 1. The number of phenols is 1. The summed E-state index contributed by atoms with van der Waals surface area (Å²) in [6, 6.07) is 20.9. The normalized spacial score (nSPS) is 11.6. The lowest BCUT2D eigenvalue weighted by molar-refractivity contribution is -0.119. The fraction of sp³-hybridized carbons (Fsp3) is 0.167. The highest BCUT2D eigenvalue weighted by Crippen LogP contribution is 2.25. The second-order valence-corrected chi connectivity index (χ2v) is 8.86. The van der Waals surface area contributed by atoms with Gasteiger partial charge in [-0.1, -0.05) is 30.3 Å². The molecule has 0 radical (unpaired) electrons. The molecule has 0 aliphatic carbocycles. The number of sulfonamides is 1. The molecule has 1 amide bonds. The Hall–Kier alpha value is -3.85. The maximum Gasteiger partial charge on any atom is 0.264 e. The van der Waals surface area contributed by atoms with E-state index in [4.69, 9.17) is 4.74 Å². The molecule has 0 heterocycles. The number of nitrogens with one attached hydrogen (secondary N) is 1. The van der Waals surface area contributed by atoms with E-state index in [1.165, 1.54) is 18.2 Å². The van der Waals surface area contributed by atoms with Crippen LogP contribution in [0, 0.1) is 0 Å². The summed E-state index contributed by atoms with van der Waals surface area (Å²) in [5.74, 6) is -0.0283. The van der Waals surface area contributed by atoms with E-state index in [0.29, 0.717) is 29.3 Å². The molecular weight excluding hydrogens is 442 g/mol. The van der Waals surface area contributed by atoms with Crippen molar-refractivity contribution < 1.29 is 23.1 Å². The minimum absolute atomic E-state index is 0.0238. The van der Waals surface area contributed by atoms with E-state index in [-0.39, 0.29) is 10.6 Å². The maximum absolute atomic E-state index is 13.3. The summed E-state index contributed by atoms with van der Waals surface area (Å²) >= 11 is 0. The molecule has 9 heteroatoms. The minimum Gasteiger partial charge on any atom is -0.507 e. The Labute approximate surface area is 193 Å². The summed E-state index contributed by atoms with van der Waals surface area (Å²) in [5.41, 5.74) is 3.51. The number of amides is 1. The number of benzene rings is 3. The molecule has 0 saturated heterocycles. The zero-order valence-corrected chi connectivity index (χ0v) is 19.1. The molecule has 172 valence electrons. The number of hydrazone groups is 1. The van der Waals surface area contributed by atoms with Gasteiger partial charge in [-0.3, -0.25) is 9.10 Å². The number of nitrogens with zero attached hydrogens (tertiary/aromatic N) is 2. The highest BCUT2D eigenvalue weighted by Gasteiger charge is 2.27. The molecule has 0 aliphatic rings. The second-order valence-electron chi connectivity index (χ2n) is 7.00. The molecule has 0 atom stereocenters. The van der Waals surface area contributed by atoms with Gasteiger partial charge in [-0.25, -0.2) is 13.8 Å². The van der Waals surface area contributed by atoms with Crippen molar-refractivity contribution in [3.05, 3.63) is 84.4 Å². The van der Waals surface area contributed by atoms with Gasteiger partial charge in [0.05, 0.1) is 22.9 Å². The van der Waals surface area contributed by atoms with E-state index >= 15 is 0 Å². The number of hydrogen-bond donors (Lipinski definition) is 2. The monoisotopic (exact) mass is 467 g/mol. The van der Waals surface area contributed by atoms with Crippen molar-refractivity contribution >= 4 is 27.3 Å². The highest BCUT2D eigenvalue weighted by atomic mass is 32.2. The molecule has 33 heavy (non-hydrogen) atoms. The van der Waals surface area contributed by atoms with Crippen LogP contribution in [-0.4, -0.2) is 38.3 Å². The van der Waals surface area contributed by atoms with Crippen LogP contribution in [0.25, 0.3) is 0 Å². The molecule has 0 saturated carbocycles. The third-order valence-corrected chi connectivity index (χ3v) is 6.48. The Morgan fingerprint density at radius 2 is 1.64 bits per heavy atom. The number of phenolic OH excluding ortho intramolecular Hbond substituents is 1. The number of para-hydroxylation sites is 1. The number of ether oxygens (including phenoxy) is 1. The van der Waals surface area contributed by atoms with E-state index in [1.807, 2.05) is 6.92 Å². The third-order valence-electron chi connectivity index (χ3n) is 4.70. The molecule has 0 aromatic heterocycles. The quantitative estimate of drug-likeness (QED) is 0.370. The topological polar surface area (TPSA) is 108 Å². The van der Waals surface area contributed by atoms with Gasteiger partial charge in [-0.15, -0.1) is 0 Å². The smallest absolute Gasteiger partial charge is 0.264 e. The average Bonchev–Trinajstić information content (AvgIpc) is 2.82. The van der Waals surface area contributed by atoms with Crippen LogP contribution in [0.1, 0.15) is 19.4 Å². The molecule has 0 bridgehead atoms. The second kappa shape index (κ2) is 10.6. The Kier molecular flexibility index (Phi) is 7.68. The van der Waals surface area contributed by atoms with Crippen molar-refractivity contribution in [2.24, 2.45) is 5.10 Å². The molecule has 2 N–H and O–H groups in total. The van der Waals surface area contributed by atoms with Gasteiger partial charge in [-0.2, -0.15) is 5.10 Å². The van der Waals surface area contributed by atoms with E-state index in [1.54, 1.807) is 67.6 Å². The van der Waals surface area contributed by atoms with Gasteiger partial charge in [0.2, 0.25) is 0 Å². The SMILES string of the molecule is CCOc1ccc(N(CC(=O)N/N=C(/C)c2ccccc2O)S(=O)(=O)c2ccccc2)cc1. The number of carbonyl (C=O) groups is 1. The van der Waals surface area contributed by atoms with E-state index in [2.05, 4.69) is 10.5 Å². The van der Waals surface area contributed by atoms with Gasteiger partial charge in [0.1, 0.15) is 18.0 Å². The van der Waals surface area contributed by atoms with Crippen molar-refractivity contribution in [1.29, 1.82) is 0 Å². The maximum atomic E-state index is 13.3. The van der Waals surface area contributed by atoms with Gasteiger partial charge in [0.25, 0.3) is 15.9 Å². The molecule has 0 unspecified atom stereocenters. The van der Waals surface area contributed by atoms with Crippen LogP contribution in [0.2, 0.25) is 0 Å². The summed E-state index contributed by atoms with van der Waals surface area (Å²) in [6.07, 6.45) is 0. The predicted octanol–water partition coefficient (Wildman–Crippen LogP) is 3.53. The van der Waals surface area contributed by atoms with Crippen molar-refractivity contribution in [1.82, 2.24) is 5.43 Å². The Morgan fingerprint density at radius 1 is 1.00 bits per heavy atom. The summed E-state index contributed by atoms with van der Waals surface area (Å²) in [4.78, 5) is 12.7. The number of anilines is 1. The van der Waals surface area contributed by atoms with Crippen molar-refractivity contribution in [3.63, 3.8) is 0 Å². The first kappa shape index (κ1) is 23.8. The summed E-state index contributed by atoms with van der Waals surface area (Å²) < 4.78 is 33.1. The lowest BCUT2D eigenvalue weighted by Gasteiger charge is -2.24. The van der Waals surface area contributed by atoms with E-state index < -0.39 is 22.5 Å². The molecule has 0 spiro atoms. The number of hydrogen-bond acceptors (Lipinski definition) is 6. The van der Waals surface area contributed by atoms with Crippen LogP contribution in [0.3, 0.4) is 0 Å². The first-order valence-electron chi connectivity index (χ1n) is 10.2.